The Bertz CT molecular complexity index is 574. The molecule has 4 heteroatoms. The third-order valence-corrected chi connectivity index (χ3v) is 3.82. The van der Waals surface area contributed by atoms with Crippen LogP contribution in [0.2, 0.25) is 0 Å². The van der Waals surface area contributed by atoms with Gasteiger partial charge in [0.25, 0.3) is 0 Å². The van der Waals surface area contributed by atoms with E-state index >= 15 is 0 Å². The van der Waals surface area contributed by atoms with Gasteiger partial charge in [-0.2, -0.15) is 0 Å². The number of hydrogen-bond acceptors (Lipinski definition) is 4. The molecule has 0 radical (unpaired) electrons. The van der Waals surface area contributed by atoms with Gasteiger partial charge in [-0.25, -0.2) is 4.79 Å². The van der Waals surface area contributed by atoms with Gasteiger partial charge in [0, 0.05) is 5.56 Å². The summed E-state index contributed by atoms with van der Waals surface area (Å²) >= 11 is 0. The Morgan fingerprint density at radius 1 is 1.29 bits per heavy atom. The Morgan fingerprint density at radius 3 is 2.43 bits per heavy atom. The van der Waals surface area contributed by atoms with Crippen molar-refractivity contribution in [1.29, 1.82) is 0 Å². The first-order valence-electron chi connectivity index (χ1n) is 7.53. The summed E-state index contributed by atoms with van der Waals surface area (Å²) in [6, 6.07) is 1.91. The van der Waals surface area contributed by atoms with Crippen molar-refractivity contribution < 1.29 is 14.3 Å². The normalized spacial score (nSPS) is 18.7. The zero-order chi connectivity index (χ0) is 16.0. The number of nitrogens with zero attached hydrogens (tertiary/aromatic N) is 1. The summed E-state index contributed by atoms with van der Waals surface area (Å²) in [6.07, 6.45) is 0. The number of pyridine rings is 1. The number of esters is 1. The highest BCUT2D eigenvalue weighted by atomic mass is 16.5. The predicted octanol–water partition coefficient (Wildman–Crippen LogP) is 3.88. The molecule has 1 aliphatic rings. The van der Waals surface area contributed by atoms with E-state index in [1.807, 2.05) is 54.5 Å². The van der Waals surface area contributed by atoms with Gasteiger partial charge in [0.1, 0.15) is 5.60 Å². The molecule has 0 saturated carbocycles. The number of ether oxygens (including phenoxy) is 2. The van der Waals surface area contributed by atoms with Gasteiger partial charge in [-0.15, -0.1) is 0 Å². The second kappa shape index (κ2) is 5.09. The maximum Gasteiger partial charge on any atom is 0.340 e. The second-order valence-corrected chi connectivity index (χ2v) is 6.82. The van der Waals surface area contributed by atoms with Gasteiger partial charge >= 0.3 is 5.97 Å². The van der Waals surface area contributed by atoms with Crippen LogP contribution in [0, 0.1) is 0 Å². The molecule has 0 bridgehead atoms. The van der Waals surface area contributed by atoms with Crippen LogP contribution in [0.25, 0.3) is 0 Å². The van der Waals surface area contributed by atoms with Gasteiger partial charge in [0.2, 0.25) is 0 Å². The molecule has 0 fully saturated rings. The largest absolute Gasteiger partial charge is 0.462 e. The van der Waals surface area contributed by atoms with Crippen LogP contribution in [-0.4, -0.2) is 17.6 Å². The van der Waals surface area contributed by atoms with E-state index in [0.29, 0.717) is 12.2 Å². The lowest BCUT2D eigenvalue weighted by Gasteiger charge is -2.24. The fourth-order valence-corrected chi connectivity index (χ4v) is 3.00. The van der Waals surface area contributed by atoms with Crippen LogP contribution in [0.15, 0.2) is 6.07 Å². The third-order valence-electron chi connectivity index (χ3n) is 3.82. The van der Waals surface area contributed by atoms with Gasteiger partial charge in [-0.05, 0) is 46.6 Å². The topological polar surface area (TPSA) is 48.4 Å². The lowest BCUT2D eigenvalue weighted by molar-refractivity contribution is -0.106. The van der Waals surface area contributed by atoms with Crippen LogP contribution in [0.1, 0.15) is 81.7 Å². The Hall–Kier alpha value is -1.42. The zero-order valence-electron chi connectivity index (χ0n) is 14.0. The molecule has 0 unspecified atom stereocenters. The highest BCUT2D eigenvalue weighted by Crippen LogP contribution is 2.46. The van der Waals surface area contributed by atoms with Crippen LogP contribution in [0.5, 0.6) is 0 Å². The molecule has 0 amide bonds. The summed E-state index contributed by atoms with van der Waals surface area (Å²) in [4.78, 5) is 17.0. The number of fused-ring (bicyclic) bond motifs is 1. The van der Waals surface area contributed by atoms with Crippen LogP contribution in [-0.2, 0) is 20.7 Å². The second-order valence-electron chi connectivity index (χ2n) is 6.82. The Kier molecular flexibility index (Phi) is 3.87. The van der Waals surface area contributed by atoms with Crippen molar-refractivity contribution in [2.75, 3.05) is 6.61 Å². The average molecular weight is 291 g/mol. The molecule has 0 saturated heterocycles. The molecule has 1 aromatic heterocycles. The highest BCUT2D eigenvalue weighted by Gasteiger charge is 2.45. The molecule has 2 heterocycles. The van der Waals surface area contributed by atoms with Gasteiger partial charge in [-0.1, -0.05) is 13.8 Å². The maximum atomic E-state index is 12.2. The van der Waals surface area contributed by atoms with Gasteiger partial charge in [-0.3, -0.25) is 4.98 Å². The lowest BCUT2D eigenvalue weighted by atomic mass is 9.91. The van der Waals surface area contributed by atoms with Crippen LogP contribution < -0.4 is 0 Å². The molecule has 1 aromatic rings. The summed E-state index contributed by atoms with van der Waals surface area (Å²) in [7, 11) is 0. The monoisotopic (exact) mass is 291 g/mol. The maximum absolute atomic E-state index is 12.2. The molecule has 1 aliphatic heterocycles. The number of hydrogen-bond donors (Lipinski definition) is 0. The molecular weight excluding hydrogens is 266 g/mol. The summed E-state index contributed by atoms with van der Waals surface area (Å²) in [5, 5.41) is 0. The SMILES string of the molecule is CCOC(=O)c1cc2c(nc1C(C)C)C(C)(C)OC2(C)C. The summed E-state index contributed by atoms with van der Waals surface area (Å²) < 4.78 is 11.3. The van der Waals surface area contributed by atoms with E-state index in [1.165, 1.54) is 0 Å². The first kappa shape index (κ1) is 16.0. The third kappa shape index (κ3) is 2.69. The van der Waals surface area contributed by atoms with E-state index in [2.05, 4.69) is 0 Å². The summed E-state index contributed by atoms with van der Waals surface area (Å²) in [6.45, 7) is 14.3. The van der Waals surface area contributed by atoms with E-state index in [0.717, 1.165) is 17.0 Å². The van der Waals surface area contributed by atoms with Crippen molar-refractivity contribution in [3.8, 4) is 0 Å². The van der Waals surface area contributed by atoms with Crippen molar-refractivity contribution in [2.45, 2.75) is 65.6 Å². The molecule has 0 aromatic carbocycles. The lowest BCUT2D eigenvalue weighted by Crippen LogP contribution is -2.22. The van der Waals surface area contributed by atoms with Gasteiger partial charge in [0.05, 0.1) is 29.2 Å². The number of carbonyl (C=O) groups excluding carboxylic acids is 1. The fourth-order valence-electron chi connectivity index (χ4n) is 3.00. The summed E-state index contributed by atoms with van der Waals surface area (Å²) in [5.41, 5.74) is 2.32. The van der Waals surface area contributed by atoms with Crippen LogP contribution in [0.3, 0.4) is 0 Å². The molecule has 116 valence electrons. The summed E-state index contributed by atoms with van der Waals surface area (Å²) in [5.74, 6) is -0.161. The van der Waals surface area contributed by atoms with Gasteiger partial charge in [0.15, 0.2) is 0 Å². The fraction of sp³-hybridized carbons (Fsp3) is 0.647. The quantitative estimate of drug-likeness (QED) is 0.793. The molecule has 2 rings (SSSR count). The van der Waals surface area contributed by atoms with E-state index in [-0.39, 0.29) is 11.9 Å². The molecule has 21 heavy (non-hydrogen) atoms. The van der Waals surface area contributed by atoms with E-state index in [1.54, 1.807) is 0 Å². The average Bonchev–Trinajstić information content (AvgIpc) is 2.53. The van der Waals surface area contributed by atoms with E-state index in [4.69, 9.17) is 14.5 Å². The zero-order valence-corrected chi connectivity index (χ0v) is 14.0. The van der Waals surface area contributed by atoms with Crippen molar-refractivity contribution in [2.24, 2.45) is 0 Å². The van der Waals surface area contributed by atoms with E-state index in [9.17, 15) is 4.79 Å². The smallest absolute Gasteiger partial charge is 0.340 e. The minimum absolute atomic E-state index is 0.147. The molecule has 0 aliphatic carbocycles. The van der Waals surface area contributed by atoms with Gasteiger partial charge < -0.3 is 9.47 Å². The van der Waals surface area contributed by atoms with E-state index < -0.39 is 11.2 Å². The highest BCUT2D eigenvalue weighted by molar-refractivity contribution is 5.91. The first-order chi connectivity index (χ1) is 9.60. The number of aromatic nitrogens is 1. The molecule has 4 nitrogen and oxygen atoms in total. The number of rotatable bonds is 3. The minimum atomic E-state index is -0.456. The molecule has 0 spiro atoms. The van der Waals surface area contributed by atoms with Crippen LogP contribution >= 0.6 is 0 Å². The Morgan fingerprint density at radius 2 is 1.90 bits per heavy atom. The van der Waals surface area contributed by atoms with Crippen LogP contribution in [0.4, 0.5) is 0 Å². The first-order valence-corrected chi connectivity index (χ1v) is 7.53. The Balaban J connectivity index is 2.67. The minimum Gasteiger partial charge on any atom is -0.462 e. The van der Waals surface area contributed by atoms with Crippen molar-refractivity contribution in [3.63, 3.8) is 0 Å². The molecular formula is C17H25NO3. The number of carbonyl (C=O) groups is 1. The van der Waals surface area contributed by atoms with Crippen molar-refractivity contribution in [1.82, 2.24) is 4.98 Å². The molecule has 0 N–H and O–H groups in total. The van der Waals surface area contributed by atoms with Crippen molar-refractivity contribution in [3.05, 3.63) is 28.6 Å². The Labute approximate surface area is 126 Å². The predicted molar refractivity (Wildman–Crippen MR) is 81.4 cm³/mol. The molecule has 0 atom stereocenters. The van der Waals surface area contributed by atoms with Crippen molar-refractivity contribution >= 4 is 5.97 Å². The standard InChI is InChI=1S/C17H25NO3/c1-8-20-15(19)11-9-12-14(18-13(11)10(2)3)17(6,7)21-16(12,4)5/h9-10H,8H2,1-7H3.